The minimum Gasteiger partial charge on any atom is -0.0961 e. The first-order chi connectivity index (χ1) is 15.2. The van der Waals surface area contributed by atoms with Crippen molar-refractivity contribution in [2.45, 2.75) is 122 Å². The van der Waals surface area contributed by atoms with E-state index in [0.29, 0.717) is 17.3 Å². The largest absolute Gasteiger partial charge is 0.0961 e. The third-order valence-corrected chi connectivity index (χ3v) is 7.13. The molecule has 0 aromatic heterocycles. The molecular weight excluding hydrogens is 384 g/mol. The zero-order chi connectivity index (χ0) is 25.3. The van der Waals surface area contributed by atoms with Crippen LogP contribution in [0.1, 0.15) is 122 Å². The molecule has 5 atom stereocenters. The Morgan fingerprint density at radius 2 is 1.59 bits per heavy atom. The van der Waals surface area contributed by atoms with E-state index in [1.54, 1.807) is 5.57 Å². The molecule has 0 aromatic rings. The molecule has 0 heteroatoms. The van der Waals surface area contributed by atoms with Gasteiger partial charge in [-0.1, -0.05) is 131 Å². The Morgan fingerprint density at radius 3 is 2.09 bits per heavy atom. The van der Waals surface area contributed by atoms with Gasteiger partial charge < -0.3 is 0 Å². The van der Waals surface area contributed by atoms with Gasteiger partial charge in [0, 0.05) is 0 Å². The van der Waals surface area contributed by atoms with Crippen molar-refractivity contribution in [2.75, 3.05) is 0 Å². The van der Waals surface area contributed by atoms with Crippen molar-refractivity contribution in [3.8, 4) is 0 Å². The van der Waals surface area contributed by atoms with Gasteiger partial charge in [0.1, 0.15) is 0 Å². The molecule has 0 N–H and O–H groups in total. The molecule has 0 aliphatic heterocycles. The van der Waals surface area contributed by atoms with E-state index in [2.05, 4.69) is 92.3 Å². The molecule has 2 fully saturated rings. The van der Waals surface area contributed by atoms with Gasteiger partial charge in [-0.15, -0.1) is 0 Å². The summed E-state index contributed by atoms with van der Waals surface area (Å²) in [5, 5.41) is 0. The molecule has 0 amide bonds. The second-order valence-corrected chi connectivity index (χ2v) is 10.1. The Labute approximate surface area is 204 Å². The molecule has 0 bridgehead atoms. The standard InChI is InChI=1S/C25H40.C3H8.2C2H6/c1-18(2)10-8-11-22-12-9-17-25(7)23(15-16-24(22)25)21(6)14-13-20(5)19(3)4;1-3-2;2*1-2/h8,10-11,13-14,19-21,23-24H,1,9,12,15-17H2,2-7H3;3H2,1-2H3;2*1-2H3/b10-8-,14-13+,22-11+;;;/t20-,21+,23?,24?,25?;;;/m0.../s1. The fraction of sp³-hybridized carbons (Fsp3) is 0.750. The number of fused-ring (bicyclic) bond motifs is 1. The first-order valence-corrected chi connectivity index (χ1v) is 13.9. The Morgan fingerprint density at radius 1 is 1.03 bits per heavy atom. The van der Waals surface area contributed by atoms with Crippen LogP contribution in [0.5, 0.6) is 0 Å². The summed E-state index contributed by atoms with van der Waals surface area (Å²) < 4.78 is 0. The first kappa shape index (κ1) is 33.1. The van der Waals surface area contributed by atoms with E-state index in [4.69, 9.17) is 0 Å². The fourth-order valence-electron chi connectivity index (χ4n) is 5.19. The van der Waals surface area contributed by atoms with E-state index < -0.39 is 0 Å². The third-order valence-electron chi connectivity index (χ3n) is 7.13. The quantitative estimate of drug-likeness (QED) is 0.282. The number of hydrogen-bond donors (Lipinski definition) is 0. The van der Waals surface area contributed by atoms with E-state index in [1.807, 2.05) is 27.7 Å². The van der Waals surface area contributed by atoms with Crippen molar-refractivity contribution in [1.29, 1.82) is 0 Å². The molecule has 2 aliphatic rings. The zero-order valence-electron chi connectivity index (χ0n) is 24.2. The lowest BCUT2D eigenvalue weighted by Gasteiger charge is -2.44. The maximum Gasteiger partial charge on any atom is -0.0143 e. The van der Waals surface area contributed by atoms with Crippen LogP contribution >= 0.6 is 0 Å². The van der Waals surface area contributed by atoms with Gasteiger partial charge in [0.2, 0.25) is 0 Å². The van der Waals surface area contributed by atoms with E-state index in [-0.39, 0.29) is 0 Å². The van der Waals surface area contributed by atoms with E-state index >= 15 is 0 Å². The molecule has 0 heterocycles. The summed E-state index contributed by atoms with van der Waals surface area (Å²) in [6.45, 7) is 30.3. The van der Waals surface area contributed by atoms with Crippen molar-refractivity contribution >= 4 is 0 Å². The smallest absolute Gasteiger partial charge is 0.0143 e. The maximum absolute atomic E-state index is 3.98. The number of allylic oxidation sites excluding steroid dienone is 7. The minimum absolute atomic E-state index is 0.492. The summed E-state index contributed by atoms with van der Waals surface area (Å²) >= 11 is 0. The van der Waals surface area contributed by atoms with Gasteiger partial charge >= 0.3 is 0 Å². The highest BCUT2D eigenvalue weighted by atomic mass is 14.5. The minimum atomic E-state index is 0.492. The average molecular weight is 445 g/mol. The van der Waals surface area contributed by atoms with Crippen LogP contribution in [0.3, 0.4) is 0 Å². The molecule has 2 rings (SSSR count). The predicted molar refractivity (Wildman–Crippen MR) is 151 cm³/mol. The summed E-state index contributed by atoms with van der Waals surface area (Å²) in [6.07, 6.45) is 19.9. The summed E-state index contributed by atoms with van der Waals surface area (Å²) in [5.74, 6) is 3.74. The van der Waals surface area contributed by atoms with Crippen LogP contribution in [0.15, 0.2) is 48.1 Å². The molecule has 0 saturated heterocycles. The molecule has 2 saturated carbocycles. The van der Waals surface area contributed by atoms with Crippen LogP contribution in [-0.4, -0.2) is 0 Å². The third kappa shape index (κ3) is 10.7. The van der Waals surface area contributed by atoms with E-state index in [0.717, 1.165) is 23.3 Å². The van der Waals surface area contributed by atoms with Crippen LogP contribution in [0.2, 0.25) is 0 Å². The summed E-state index contributed by atoms with van der Waals surface area (Å²) in [6, 6.07) is 0. The molecule has 188 valence electrons. The lowest BCUT2D eigenvalue weighted by Crippen LogP contribution is -2.35. The summed E-state index contributed by atoms with van der Waals surface area (Å²) in [4.78, 5) is 0. The highest BCUT2D eigenvalue weighted by molar-refractivity contribution is 5.26. The van der Waals surface area contributed by atoms with Crippen LogP contribution in [0.4, 0.5) is 0 Å². The van der Waals surface area contributed by atoms with Gasteiger partial charge in [0.25, 0.3) is 0 Å². The molecule has 32 heavy (non-hydrogen) atoms. The molecule has 0 aromatic carbocycles. The van der Waals surface area contributed by atoms with Gasteiger partial charge in [-0.05, 0) is 74.0 Å². The van der Waals surface area contributed by atoms with Crippen molar-refractivity contribution in [1.82, 2.24) is 0 Å². The van der Waals surface area contributed by atoms with Gasteiger partial charge in [-0.2, -0.15) is 0 Å². The van der Waals surface area contributed by atoms with Crippen LogP contribution < -0.4 is 0 Å². The molecule has 0 nitrogen and oxygen atoms in total. The Bertz CT molecular complexity index is 559. The number of rotatable bonds is 6. The van der Waals surface area contributed by atoms with Crippen LogP contribution in [0.25, 0.3) is 0 Å². The lowest BCUT2D eigenvalue weighted by molar-refractivity contribution is 0.112. The Kier molecular flexibility index (Phi) is 19.0. The fourth-order valence-corrected chi connectivity index (χ4v) is 5.19. The Balaban J connectivity index is 0. The highest BCUT2D eigenvalue weighted by Gasteiger charge is 2.50. The van der Waals surface area contributed by atoms with Gasteiger partial charge in [-0.25, -0.2) is 0 Å². The van der Waals surface area contributed by atoms with E-state index in [1.165, 1.54) is 38.5 Å². The van der Waals surface area contributed by atoms with Gasteiger partial charge in [-0.3, -0.25) is 0 Å². The Hall–Kier alpha value is -1.04. The summed E-state index contributed by atoms with van der Waals surface area (Å²) in [7, 11) is 0. The van der Waals surface area contributed by atoms with Gasteiger partial charge in [0.15, 0.2) is 0 Å². The van der Waals surface area contributed by atoms with Crippen LogP contribution in [0, 0.1) is 35.0 Å². The van der Waals surface area contributed by atoms with Crippen molar-refractivity contribution in [3.63, 3.8) is 0 Å². The molecule has 0 spiro atoms. The SMILES string of the molecule is C=C(C)/C=C\C=C1/CCCC2(C)C1CCC2[C@H](C)/C=C/[C@H](C)C(C)C.CC.CC.CCC. The first-order valence-electron chi connectivity index (χ1n) is 13.9. The molecule has 3 unspecified atom stereocenters. The number of hydrogen-bond acceptors (Lipinski definition) is 0. The molecule has 2 aliphatic carbocycles. The van der Waals surface area contributed by atoms with Gasteiger partial charge in [0.05, 0.1) is 0 Å². The van der Waals surface area contributed by atoms with Crippen molar-refractivity contribution in [2.24, 2.45) is 35.0 Å². The molecular formula is C32H60. The van der Waals surface area contributed by atoms with E-state index in [9.17, 15) is 0 Å². The predicted octanol–water partition coefficient (Wildman–Crippen LogP) is 11.2. The van der Waals surface area contributed by atoms with Crippen molar-refractivity contribution in [3.05, 3.63) is 48.1 Å². The second-order valence-electron chi connectivity index (χ2n) is 10.1. The zero-order valence-corrected chi connectivity index (χ0v) is 24.2. The second kappa shape index (κ2) is 18.4. The molecule has 0 radical (unpaired) electrons. The average Bonchev–Trinajstić information content (AvgIpc) is 3.12. The normalized spacial score (nSPS) is 27.6. The topological polar surface area (TPSA) is 0 Å². The summed E-state index contributed by atoms with van der Waals surface area (Å²) in [5.41, 5.74) is 3.32. The van der Waals surface area contributed by atoms with Crippen molar-refractivity contribution < 1.29 is 0 Å². The lowest BCUT2D eigenvalue weighted by atomic mass is 9.61. The maximum atomic E-state index is 3.98. The highest BCUT2D eigenvalue weighted by Crippen LogP contribution is 2.59. The monoisotopic (exact) mass is 444 g/mol. The van der Waals surface area contributed by atoms with Crippen LogP contribution in [-0.2, 0) is 0 Å².